The zero-order valence-electron chi connectivity index (χ0n) is 11.4. The number of fused-ring (bicyclic) bond motifs is 1. The maximum Gasteiger partial charge on any atom is 0.247 e. The number of nitrogens with two attached hydrogens (primary N) is 1. The van der Waals surface area contributed by atoms with Gasteiger partial charge in [-0.3, -0.25) is 4.79 Å². The molecule has 2 N–H and O–H groups in total. The Morgan fingerprint density at radius 3 is 3.00 bits per heavy atom. The SMILES string of the molecule is CN1C(=O)[C@@H](N)COc2ccc(O[C@@H]3CCOC3)cc21. The zero-order chi connectivity index (χ0) is 14.1. The summed E-state index contributed by atoms with van der Waals surface area (Å²) in [7, 11) is 1.69. The average Bonchev–Trinajstić information content (AvgIpc) is 2.93. The van der Waals surface area contributed by atoms with Crippen molar-refractivity contribution in [2.45, 2.75) is 18.6 Å². The Morgan fingerprint density at radius 1 is 1.40 bits per heavy atom. The lowest BCUT2D eigenvalue weighted by Gasteiger charge is -2.19. The van der Waals surface area contributed by atoms with Gasteiger partial charge in [0.2, 0.25) is 5.91 Å². The van der Waals surface area contributed by atoms with Crippen molar-refractivity contribution in [2.24, 2.45) is 5.73 Å². The van der Waals surface area contributed by atoms with Crippen LogP contribution < -0.4 is 20.1 Å². The Bertz CT molecular complexity index is 514. The maximum absolute atomic E-state index is 12.0. The smallest absolute Gasteiger partial charge is 0.247 e. The molecule has 1 amide bonds. The van der Waals surface area contributed by atoms with E-state index in [9.17, 15) is 4.79 Å². The topological polar surface area (TPSA) is 74.0 Å². The number of hydrogen-bond donors (Lipinski definition) is 1. The van der Waals surface area contributed by atoms with Crippen molar-refractivity contribution >= 4 is 11.6 Å². The fourth-order valence-corrected chi connectivity index (χ4v) is 2.37. The minimum absolute atomic E-state index is 0.0722. The summed E-state index contributed by atoms with van der Waals surface area (Å²) in [6.07, 6.45) is 0.954. The van der Waals surface area contributed by atoms with E-state index in [4.69, 9.17) is 19.9 Å². The van der Waals surface area contributed by atoms with Gasteiger partial charge in [-0.05, 0) is 12.1 Å². The lowest BCUT2D eigenvalue weighted by molar-refractivity contribution is -0.119. The maximum atomic E-state index is 12.0. The third-order valence-electron chi connectivity index (χ3n) is 3.55. The molecule has 0 radical (unpaired) electrons. The van der Waals surface area contributed by atoms with Gasteiger partial charge in [-0.1, -0.05) is 0 Å². The Hall–Kier alpha value is -1.79. The Balaban J connectivity index is 1.85. The number of nitrogens with zero attached hydrogens (tertiary/aromatic N) is 1. The largest absolute Gasteiger partial charge is 0.489 e. The van der Waals surface area contributed by atoms with E-state index in [-0.39, 0.29) is 18.6 Å². The molecule has 1 fully saturated rings. The second kappa shape index (κ2) is 5.30. The Kier molecular flexibility index (Phi) is 3.50. The molecule has 0 unspecified atom stereocenters. The quantitative estimate of drug-likeness (QED) is 0.854. The highest BCUT2D eigenvalue weighted by atomic mass is 16.5. The molecule has 2 atom stereocenters. The second-order valence-corrected chi connectivity index (χ2v) is 5.05. The standard InChI is InChI=1S/C14H18N2O4/c1-16-12-6-9(20-10-4-5-18-7-10)2-3-13(12)19-8-11(15)14(16)17/h2-3,6,10-11H,4-5,7-8,15H2,1H3/t10-,11+/m1/s1. The van der Waals surface area contributed by atoms with Crippen LogP contribution >= 0.6 is 0 Å². The van der Waals surface area contributed by atoms with Crippen molar-refractivity contribution in [1.82, 2.24) is 0 Å². The average molecular weight is 278 g/mol. The molecule has 0 saturated carbocycles. The third-order valence-corrected chi connectivity index (χ3v) is 3.55. The van der Waals surface area contributed by atoms with Gasteiger partial charge in [0.1, 0.15) is 30.3 Å². The number of carbonyl (C=O) groups excluding carboxylic acids is 1. The lowest BCUT2D eigenvalue weighted by atomic mass is 10.2. The van der Waals surface area contributed by atoms with Crippen LogP contribution in [0.1, 0.15) is 6.42 Å². The first-order valence-corrected chi connectivity index (χ1v) is 6.69. The second-order valence-electron chi connectivity index (χ2n) is 5.05. The van der Waals surface area contributed by atoms with Crippen LogP contribution in [0.4, 0.5) is 5.69 Å². The van der Waals surface area contributed by atoms with E-state index in [1.165, 1.54) is 4.90 Å². The van der Waals surface area contributed by atoms with Crippen LogP contribution in [0.25, 0.3) is 0 Å². The fraction of sp³-hybridized carbons (Fsp3) is 0.500. The molecule has 3 rings (SSSR count). The van der Waals surface area contributed by atoms with E-state index < -0.39 is 6.04 Å². The predicted octanol–water partition coefficient (Wildman–Crippen LogP) is 0.537. The van der Waals surface area contributed by atoms with E-state index in [2.05, 4.69) is 0 Å². The van der Waals surface area contributed by atoms with Gasteiger partial charge >= 0.3 is 0 Å². The number of likely N-dealkylation sites (N-methyl/N-ethyl adjacent to an activating group) is 1. The summed E-state index contributed by atoms with van der Waals surface area (Å²) in [6.45, 7) is 1.52. The normalized spacial score (nSPS) is 25.9. The van der Waals surface area contributed by atoms with Gasteiger partial charge in [-0.25, -0.2) is 0 Å². The van der Waals surface area contributed by atoms with E-state index in [1.807, 2.05) is 18.2 Å². The number of rotatable bonds is 2. The number of benzene rings is 1. The molecule has 0 spiro atoms. The predicted molar refractivity (Wildman–Crippen MR) is 73.2 cm³/mol. The van der Waals surface area contributed by atoms with Crippen molar-refractivity contribution in [2.75, 3.05) is 31.8 Å². The van der Waals surface area contributed by atoms with E-state index in [1.54, 1.807) is 7.05 Å². The minimum atomic E-state index is -0.639. The number of anilines is 1. The van der Waals surface area contributed by atoms with Gasteiger partial charge in [0.25, 0.3) is 0 Å². The Morgan fingerprint density at radius 2 is 2.25 bits per heavy atom. The summed E-state index contributed by atoms with van der Waals surface area (Å²) in [5.41, 5.74) is 6.43. The molecule has 0 aliphatic carbocycles. The lowest BCUT2D eigenvalue weighted by Crippen LogP contribution is -2.43. The summed E-state index contributed by atoms with van der Waals surface area (Å²) < 4.78 is 16.7. The van der Waals surface area contributed by atoms with E-state index in [0.29, 0.717) is 23.8 Å². The monoisotopic (exact) mass is 278 g/mol. The van der Waals surface area contributed by atoms with Crippen LogP contribution in [0.2, 0.25) is 0 Å². The molecule has 1 saturated heterocycles. The number of hydrogen-bond acceptors (Lipinski definition) is 5. The molecular formula is C14H18N2O4. The fourth-order valence-electron chi connectivity index (χ4n) is 2.37. The van der Waals surface area contributed by atoms with Crippen molar-refractivity contribution < 1.29 is 19.0 Å². The van der Waals surface area contributed by atoms with Gasteiger partial charge < -0.3 is 24.8 Å². The highest BCUT2D eigenvalue weighted by Gasteiger charge is 2.27. The molecule has 1 aromatic rings. The van der Waals surface area contributed by atoms with Crippen LogP contribution in [-0.2, 0) is 9.53 Å². The number of amides is 1. The third kappa shape index (κ3) is 2.44. The van der Waals surface area contributed by atoms with Gasteiger partial charge in [-0.15, -0.1) is 0 Å². The molecule has 108 valence electrons. The van der Waals surface area contributed by atoms with Crippen LogP contribution in [0.3, 0.4) is 0 Å². The molecule has 2 heterocycles. The van der Waals surface area contributed by atoms with Gasteiger partial charge in [0.15, 0.2) is 0 Å². The molecule has 6 heteroatoms. The van der Waals surface area contributed by atoms with Gasteiger partial charge in [-0.2, -0.15) is 0 Å². The highest BCUT2D eigenvalue weighted by Crippen LogP contribution is 2.34. The summed E-state index contributed by atoms with van der Waals surface area (Å²) in [4.78, 5) is 13.5. The molecular weight excluding hydrogens is 260 g/mol. The summed E-state index contributed by atoms with van der Waals surface area (Å²) in [6, 6.07) is 4.82. The Labute approximate surface area is 117 Å². The molecule has 1 aromatic carbocycles. The van der Waals surface area contributed by atoms with Crippen molar-refractivity contribution in [3.8, 4) is 11.5 Å². The van der Waals surface area contributed by atoms with Crippen molar-refractivity contribution in [3.05, 3.63) is 18.2 Å². The first-order chi connectivity index (χ1) is 9.65. The van der Waals surface area contributed by atoms with E-state index in [0.717, 1.165) is 13.0 Å². The van der Waals surface area contributed by atoms with Gasteiger partial charge in [0.05, 0.1) is 18.9 Å². The molecule has 20 heavy (non-hydrogen) atoms. The van der Waals surface area contributed by atoms with E-state index >= 15 is 0 Å². The minimum Gasteiger partial charge on any atom is -0.489 e. The molecule has 2 aliphatic rings. The molecule has 0 aromatic heterocycles. The summed E-state index contributed by atoms with van der Waals surface area (Å²) >= 11 is 0. The highest BCUT2D eigenvalue weighted by molar-refractivity contribution is 5.98. The summed E-state index contributed by atoms with van der Waals surface area (Å²) in [5, 5.41) is 0. The van der Waals surface area contributed by atoms with Crippen LogP contribution in [0.5, 0.6) is 11.5 Å². The number of ether oxygens (including phenoxy) is 3. The molecule has 6 nitrogen and oxygen atoms in total. The summed E-state index contributed by atoms with van der Waals surface area (Å²) in [5.74, 6) is 1.19. The van der Waals surface area contributed by atoms with Crippen LogP contribution in [0.15, 0.2) is 18.2 Å². The van der Waals surface area contributed by atoms with Gasteiger partial charge in [0, 0.05) is 19.5 Å². The van der Waals surface area contributed by atoms with Crippen LogP contribution in [-0.4, -0.2) is 44.9 Å². The molecule has 0 bridgehead atoms. The van der Waals surface area contributed by atoms with Crippen molar-refractivity contribution in [3.63, 3.8) is 0 Å². The number of carbonyl (C=O) groups is 1. The first kappa shape index (κ1) is 13.2. The van der Waals surface area contributed by atoms with Crippen molar-refractivity contribution in [1.29, 1.82) is 0 Å². The molecule has 2 aliphatic heterocycles. The first-order valence-electron chi connectivity index (χ1n) is 6.69. The van der Waals surface area contributed by atoms with Crippen LogP contribution in [0, 0.1) is 0 Å². The zero-order valence-corrected chi connectivity index (χ0v) is 11.4.